The van der Waals surface area contributed by atoms with Crippen LogP contribution in [-0.2, 0) is 9.53 Å². The standard InChI is InChI=1S/C22H25NO6/c1-22(2,12-11-19(25)26)20(16-7-6-10-18(15-16)28-14-13-24)29-21(27)23-17-8-4-3-5-9-17/h3-12,15,20,24H,13-14H2,1-2H3,(H,23,27)(H,25,26)/b12-11+/t20-/m0/s1. The number of hydrogen-bond donors (Lipinski definition) is 3. The predicted molar refractivity (Wildman–Crippen MR) is 109 cm³/mol. The van der Waals surface area contributed by atoms with E-state index >= 15 is 0 Å². The van der Waals surface area contributed by atoms with Gasteiger partial charge in [0.25, 0.3) is 0 Å². The van der Waals surface area contributed by atoms with Crippen LogP contribution in [0.5, 0.6) is 5.75 Å². The summed E-state index contributed by atoms with van der Waals surface area (Å²) in [6.45, 7) is 3.55. The summed E-state index contributed by atoms with van der Waals surface area (Å²) in [4.78, 5) is 23.5. The van der Waals surface area contributed by atoms with E-state index in [-0.39, 0.29) is 13.2 Å². The van der Waals surface area contributed by atoms with Gasteiger partial charge in [0.2, 0.25) is 0 Å². The van der Waals surface area contributed by atoms with Gasteiger partial charge < -0.3 is 19.7 Å². The number of rotatable bonds is 9. The maximum absolute atomic E-state index is 12.5. The molecule has 1 atom stereocenters. The highest BCUT2D eigenvalue weighted by atomic mass is 16.6. The summed E-state index contributed by atoms with van der Waals surface area (Å²) in [5.74, 6) is -0.586. The van der Waals surface area contributed by atoms with Gasteiger partial charge in [-0.1, -0.05) is 50.3 Å². The van der Waals surface area contributed by atoms with Gasteiger partial charge in [0.1, 0.15) is 18.5 Å². The fourth-order valence-electron chi connectivity index (χ4n) is 2.73. The van der Waals surface area contributed by atoms with Crippen LogP contribution in [0, 0.1) is 5.41 Å². The average Bonchev–Trinajstić information content (AvgIpc) is 2.70. The molecule has 0 spiro atoms. The molecule has 29 heavy (non-hydrogen) atoms. The van der Waals surface area contributed by atoms with E-state index < -0.39 is 23.6 Å². The Morgan fingerprint density at radius 2 is 1.86 bits per heavy atom. The first-order valence-corrected chi connectivity index (χ1v) is 9.10. The first-order chi connectivity index (χ1) is 13.8. The Morgan fingerprint density at radius 1 is 1.14 bits per heavy atom. The number of nitrogens with one attached hydrogen (secondary N) is 1. The van der Waals surface area contributed by atoms with Crippen LogP contribution < -0.4 is 10.1 Å². The van der Waals surface area contributed by atoms with E-state index in [0.29, 0.717) is 17.0 Å². The number of hydrogen-bond acceptors (Lipinski definition) is 5. The number of aliphatic carboxylic acids is 1. The van der Waals surface area contributed by atoms with E-state index in [1.807, 2.05) is 6.07 Å². The minimum absolute atomic E-state index is 0.128. The molecule has 0 unspecified atom stereocenters. The summed E-state index contributed by atoms with van der Waals surface area (Å²) >= 11 is 0. The largest absolute Gasteiger partial charge is 0.491 e. The van der Waals surface area contributed by atoms with Crippen LogP contribution in [-0.4, -0.2) is 35.5 Å². The van der Waals surface area contributed by atoms with Crippen molar-refractivity contribution in [3.63, 3.8) is 0 Å². The van der Waals surface area contributed by atoms with Crippen molar-refractivity contribution in [1.82, 2.24) is 0 Å². The molecular formula is C22H25NO6. The number of amides is 1. The van der Waals surface area contributed by atoms with Gasteiger partial charge in [-0.3, -0.25) is 5.32 Å². The molecule has 0 radical (unpaired) electrons. The Labute approximate surface area is 169 Å². The lowest BCUT2D eigenvalue weighted by Gasteiger charge is -2.31. The van der Waals surface area contributed by atoms with Gasteiger partial charge in [0.05, 0.1) is 6.61 Å². The summed E-state index contributed by atoms with van der Waals surface area (Å²) in [5, 5.41) is 20.6. The summed E-state index contributed by atoms with van der Waals surface area (Å²) < 4.78 is 11.1. The molecule has 3 N–H and O–H groups in total. The number of carbonyl (C=O) groups excluding carboxylic acids is 1. The molecule has 0 heterocycles. The van der Waals surface area contributed by atoms with Crippen molar-refractivity contribution in [1.29, 1.82) is 0 Å². The van der Waals surface area contributed by atoms with E-state index in [1.54, 1.807) is 62.4 Å². The highest BCUT2D eigenvalue weighted by Gasteiger charge is 2.33. The van der Waals surface area contributed by atoms with E-state index in [0.717, 1.165) is 6.08 Å². The normalized spacial score (nSPS) is 12.4. The number of carbonyl (C=O) groups is 2. The molecule has 2 rings (SSSR count). The number of para-hydroxylation sites is 1. The Hall–Kier alpha value is -3.32. The Kier molecular flexibility index (Phi) is 7.79. The van der Waals surface area contributed by atoms with Crippen molar-refractivity contribution in [3.05, 3.63) is 72.3 Å². The molecule has 0 aromatic heterocycles. The van der Waals surface area contributed by atoms with Crippen molar-refractivity contribution in [2.45, 2.75) is 20.0 Å². The average molecular weight is 399 g/mol. The van der Waals surface area contributed by atoms with Gasteiger partial charge in [-0.2, -0.15) is 0 Å². The van der Waals surface area contributed by atoms with Crippen LogP contribution in [0.3, 0.4) is 0 Å². The van der Waals surface area contributed by atoms with Crippen molar-refractivity contribution >= 4 is 17.7 Å². The van der Waals surface area contributed by atoms with Crippen molar-refractivity contribution < 1.29 is 29.3 Å². The van der Waals surface area contributed by atoms with Gasteiger partial charge >= 0.3 is 12.1 Å². The third kappa shape index (κ3) is 6.97. The first-order valence-electron chi connectivity index (χ1n) is 9.10. The molecule has 0 aliphatic rings. The second-order valence-corrected chi connectivity index (χ2v) is 6.91. The van der Waals surface area contributed by atoms with Crippen LogP contribution in [0.1, 0.15) is 25.5 Å². The minimum Gasteiger partial charge on any atom is -0.491 e. The molecule has 0 saturated carbocycles. The molecule has 0 fully saturated rings. The first kappa shape index (κ1) is 22.0. The lowest BCUT2D eigenvalue weighted by Crippen LogP contribution is -2.28. The molecule has 0 saturated heterocycles. The maximum atomic E-state index is 12.5. The van der Waals surface area contributed by atoms with Crippen LogP contribution in [0.25, 0.3) is 0 Å². The maximum Gasteiger partial charge on any atom is 0.412 e. The second-order valence-electron chi connectivity index (χ2n) is 6.91. The summed E-state index contributed by atoms with van der Waals surface area (Å²) in [6.07, 6.45) is 1.05. The topological polar surface area (TPSA) is 105 Å². The highest BCUT2D eigenvalue weighted by Crippen LogP contribution is 2.39. The van der Waals surface area contributed by atoms with E-state index in [2.05, 4.69) is 5.32 Å². The third-order valence-corrected chi connectivity index (χ3v) is 4.10. The van der Waals surface area contributed by atoms with Gasteiger partial charge in [-0.25, -0.2) is 9.59 Å². The summed E-state index contributed by atoms with van der Waals surface area (Å²) in [6, 6.07) is 15.8. The van der Waals surface area contributed by atoms with Crippen molar-refractivity contribution in [2.75, 3.05) is 18.5 Å². The molecule has 0 bridgehead atoms. The molecule has 7 heteroatoms. The van der Waals surface area contributed by atoms with Crippen LogP contribution in [0.15, 0.2) is 66.7 Å². The monoisotopic (exact) mass is 399 g/mol. The minimum atomic E-state index is -1.09. The van der Waals surface area contributed by atoms with Crippen LogP contribution in [0.2, 0.25) is 0 Å². The van der Waals surface area contributed by atoms with E-state index in [4.69, 9.17) is 19.7 Å². The number of aliphatic hydroxyl groups is 1. The number of carboxylic acids is 1. The molecule has 0 aliphatic heterocycles. The number of ether oxygens (including phenoxy) is 2. The molecule has 0 aliphatic carbocycles. The van der Waals surface area contributed by atoms with Crippen molar-refractivity contribution in [2.24, 2.45) is 5.41 Å². The van der Waals surface area contributed by atoms with E-state index in [1.165, 1.54) is 6.08 Å². The molecule has 154 valence electrons. The molecular weight excluding hydrogens is 374 g/mol. The number of carboxylic acid groups (broad SMARTS) is 1. The molecule has 7 nitrogen and oxygen atoms in total. The molecule has 2 aromatic carbocycles. The van der Waals surface area contributed by atoms with Gasteiger partial charge in [0.15, 0.2) is 0 Å². The smallest absolute Gasteiger partial charge is 0.412 e. The van der Waals surface area contributed by atoms with Gasteiger partial charge in [0, 0.05) is 17.2 Å². The van der Waals surface area contributed by atoms with Crippen LogP contribution in [0.4, 0.5) is 10.5 Å². The summed E-state index contributed by atoms with van der Waals surface area (Å²) in [5.41, 5.74) is 0.376. The highest BCUT2D eigenvalue weighted by molar-refractivity contribution is 5.84. The zero-order chi connectivity index (χ0) is 21.3. The van der Waals surface area contributed by atoms with E-state index in [9.17, 15) is 9.59 Å². The second kappa shape index (κ2) is 10.3. The third-order valence-electron chi connectivity index (χ3n) is 4.10. The zero-order valence-corrected chi connectivity index (χ0v) is 16.4. The molecule has 2 aromatic rings. The van der Waals surface area contributed by atoms with Crippen molar-refractivity contribution in [3.8, 4) is 5.75 Å². The van der Waals surface area contributed by atoms with Crippen LogP contribution >= 0.6 is 0 Å². The lowest BCUT2D eigenvalue weighted by molar-refractivity contribution is -0.131. The SMILES string of the molecule is CC(C)(/C=C/C(=O)O)[C@@H](OC(=O)Nc1ccccc1)c1cccc(OCCO)c1. The fourth-order valence-corrected chi connectivity index (χ4v) is 2.73. The zero-order valence-electron chi connectivity index (χ0n) is 16.4. The molecule has 1 amide bonds. The summed E-state index contributed by atoms with van der Waals surface area (Å²) in [7, 11) is 0. The number of aliphatic hydroxyl groups excluding tert-OH is 1. The van der Waals surface area contributed by atoms with Gasteiger partial charge in [-0.05, 0) is 29.8 Å². The fraction of sp³-hybridized carbons (Fsp3) is 0.273. The Balaban J connectivity index is 2.30. The quantitative estimate of drug-likeness (QED) is 0.550. The predicted octanol–water partition coefficient (Wildman–Crippen LogP) is 4.01. The Morgan fingerprint density at radius 3 is 2.52 bits per heavy atom. The number of benzene rings is 2. The Bertz CT molecular complexity index is 847. The lowest BCUT2D eigenvalue weighted by atomic mass is 9.82. The number of anilines is 1. The van der Waals surface area contributed by atoms with Gasteiger partial charge in [-0.15, -0.1) is 0 Å².